The fraction of sp³-hybridized carbons (Fsp3) is 0.571. The molecule has 96 valence electrons. The van der Waals surface area contributed by atoms with Gasteiger partial charge in [0.1, 0.15) is 5.75 Å². The van der Waals surface area contributed by atoms with E-state index in [0.29, 0.717) is 0 Å². The van der Waals surface area contributed by atoms with Crippen molar-refractivity contribution in [2.24, 2.45) is 0 Å². The van der Waals surface area contributed by atoms with Crippen molar-refractivity contribution in [2.75, 3.05) is 26.9 Å². The van der Waals surface area contributed by atoms with Crippen molar-refractivity contribution >= 4 is 0 Å². The van der Waals surface area contributed by atoms with E-state index in [-0.39, 0.29) is 0 Å². The number of benzene rings is 1. The molecule has 0 atom stereocenters. The number of hydrogen-bond donors (Lipinski definition) is 1. The fourth-order valence-electron chi connectivity index (χ4n) is 1.51. The Balaban J connectivity index is 2.20. The minimum Gasteiger partial charge on any atom is -0.494 e. The maximum Gasteiger partial charge on any atom is 0.119 e. The van der Waals surface area contributed by atoms with Crippen molar-refractivity contribution in [3.63, 3.8) is 0 Å². The number of nitrogens with one attached hydrogen (secondary N) is 1. The summed E-state index contributed by atoms with van der Waals surface area (Å²) in [4.78, 5) is 0. The Hall–Kier alpha value is -1.06. The highest BCUT2D eigenvalue weighted by Crippen LogP contribution is 2.12. The van der Waals surface area contributed by atoms with E-state index < -0.39 is 0 Å². The monoisotopic (exact) mass is 237 g/mol. The van der Waals surface area contributed by atoms with Crippen molar-refractivity contribution in [1.29, 1.82) is 0 Å². The van der Waals surface area contributed by atoms with Gasteiger partial charge in [-0.2, -0.15) is 0 Å². The normalized spacial score (nSPS) is 10.5. The molecule has 0 saturated carbocycles. The lowest BCUT2D eigenvalue weighted by molar-refractivity contribution is 0.184. The quantitative estimate of drug-likeness (QED) is 0.670. The molecule has 1 aromatic carbocycles. The Morgan fingerprint density at radius 3 is 2.41 bits per heavy atom. The third-order valence-corrected chi connectivity index (χ3v) is 2.51. The van der Waals surface area contributed by atoms with Gasteiger partial charge in [-0.1, -0.05) is 19.1 Å². The first kappa shape index (κ1) is 14.0. The van der Waals surface area contributed by atoms with Gasteiger partial charge >= 0.3 is 0 Å². The Kier molecular flexibility index (Phi) is 7.43. The third-order valence-electron chi connectivity index (χ3n) is 2.51. The molecule has 0 aliphatic rings. The molecule has 3 heteroatoms. The molecule has 0 aliphatic carbocycles. The molecule has 0 bridgehead atoms. The minimum absolute atomic E-state index is 0.760. The second kappa shape index (κ2) is 9.02. The van der Waals surface area contributed by atoms with Gasteiger partial charge in [0.25, 0.3) is 0 Å². The van der Waals surface area contributed by atoms with Gasteiger partial charge in [0, 0.05) is 20.3 Å². The highest BCUT2D eigenvalue weighted by atomic mass is 16.5. The van der Waals surface area contributed by atoms with Crippen LogP contribution in [0, 0.1) is 0 Å². The van der Waals surface area contributed by atoms with E-state index in [2.05, 4.69) is 24.4 Å². The highest BCUT2D eigenvalue weighted by Gasteiger charge is 1.95. The maximum atomic E-state index is 5.64. The second-order valence-corrected chi connectivity index (χ2v) is 3.97. The molecule has 0 radical (unpaired) electrons. The first-order valence-electron chi connectivity index (χ1n) is 6.28. The van der Waals surface area contributed by atoms with Gasteiger partial charge in [0.15, 0.2) is 0 Å². The smallest absolute Gasteiger partial charge is 0.119 e. The highest BCUT2D eigenvalue weighted by molar-refractivity contribution is 5.27. The van der Waals surface area contributed by atoms with E-state index in [4.69, 9.17) is 9.47 Å². The number of hydrogen-bond acceptors (Lipinski definition) is 3. The molecule has 0 aromatic heterocycles. The van der Waals surface area contributed by atoms with Crippen LogP contribution in [0.5, 0.6) is 5.75 Å². The lowest BCUT2D eigenvalue weighted by Crippen LogP contribution is -2.11. The van der Waals surface area contributed by atoms with Crippen LogP contribution in [-0.2, 0) is 11.3 Å². The van der Waals surface area contributed by atoms with E-state index in [0.717, 1.165) is 44.9 Å². The zero-order chi connectivity index (χ0) is 12.3. The summed E-state index contributed by atoms with van der Waals surface area (Å²) in [6.45, 7) is 5.60. The lowest BCUT2D eigenvalue weighted by Gasteiger charge is -2.07. The predicted molar refractivity (Wildman–Crippen MR) is 70.4 cm³/mol. The molecule has 17 heavy (non-hydrogen) atoms. The summed E-state index contributed by atoms with van der Waals surface area (Å²) in [6, 6.07) is 8.27. The maximum absolute atomic E-state index is 5.64. The summed E-state index contributed by atoms with van der Waals surface area (Å²) in [5.74, 6) is 0.947. The van der Waals surface area contributed by atoms with Crippen molar-refractivity contribution in [2.45, 2.75) is 26.3 Å². The minimum atomic E-state index is 0.760. The Labute approximate surface area is 104 Å². The fourth-order valence-corrected chi connectivity index (χ4v) is 1.51. The summed E-state index contributed by atoms with van der Waals surface area (Å²) in [6.07, 6.45) is 2.09. The summed E-state index contributed by atoms with van der Waals surface area (Å²) in [7, 11) is 1.73. The average Bonchev–Trinajstić information content (AvgIpc) is 2.37. The van der Waals surface area contributed by atoms with Crippen LogP contribution in [0.25, 0.3) is 0 Å². The van der Waals surface area contributed by atoms with Gasteiger partial charge in [0.2, 0.25) is 0 Å². The Bertz CT molecular complexity index is 285. The molecular weight excluding hydrogens is 214 g/mol. The van der Waals surface area contributed by atoms with Gasteiger partial charge in [-0.25, -0.2) is 0 Å². The van der Waals surface area contributed by atoms with Gasteiger partial charge in [-0.15, -0.1) is 0 Å². The van der Waals surface area contributed by atoms with Gasteiger partial charge < -0.3 is 14.8 Å². The van der Waals surface area contributed by atoms with Gasteiger partial charge in [-0.05, 0) is 37.1 Å². The topological polar surface area (TPSA) is 30.5 Å². The van der Waals surface area contributed by atoms with Crippen LogP contribution in [-0.4, -0.2) is 26.9 Å². The Morgan fingerprint density at radius 1 is 1.06 bits per heavy atom. The first-order chi connectivity index (χ1) is 8.36. The van der Waals surface area contributed by atoms with Gasteiger partial charge in [-0.3, -0.25) is 0 Å². The molecular formula is C14H23NO2. The number of unbranched alkanes of at least 4 members (excludes halogenated alkanes) is 1. The molecule has 0 saturated heterocycles. The molecule has 0 fully saturated rings. The van der Waals surface area contributed by atoms with E-state index in [1.807, 2.05) is 12.1 Å². The standard InChI is InChI=1S/C14H23NO2/c1-3-15-12-13-6-8-14(9-7-13)17-11-5-4-10-16-2/h6-9,15H,3-5,10-12H2,1-2H3. The van der Waals surface area contributed by atoms with E-state index in [9.17, 15) is 0 Å². The van der Waals surface area contributed by atoms with Crippen LogP contribution < -0.4 is 10.1 Å². The van der Waals surface area contributed by atoms with E-state index >= 15 is 0 Å². The zero-order valence-electron chi connectivity index (χ0n) is 10.9. The Morgan fingerprint density at radius 2 is 1.76 bits per heavy atom. The second-order valence-electron chi connectivity index (χ2n) is 3.97. The molecule has 0 aliphatic heterocycles. The van der Waals surface area contributed by atoms with E-state index in [1.54, 1.807) is 7.11 Å². The number of ether oxygens (including phenoxy) is 2. The van der Waals surface area contributed by atoms with E-state index in [1.165, 1.54) is 5.56 Å². The zero-order valence-corrected chi connectivity index (χ0v) is 10.9. The summed E-state index contributed by atoms with van der Waals surface area (Å²) >= 11 is 0. The van der Waals surface area contributed by atoms with Crippen LogP contribution in [0.4, 0.5) is 0 Å². The van der Waals surface area contributed by atoms with Crippen molar-refractivity contribution < 1.29 is 9.47 Å². The average molecular weight is 237 g/mol. The van der Waals surface area contributed by atoms with Crippen molar-refractivity contribution in [3.8, 4) is 5.75 Å². The van der Waals surface area contributed by atoms with Crippen molar-refractivity contribution in [3.05, 3.63) is 29.8 Å². The number of methoxy groups -OCH3 is 1. The summed E-state index contributed by atoms with van der Waals surface area (Å²) < 4.78 is 10.6. The van der Waals surface area contributed by atoms with Crippen molar-refractivity contribution in [1.82, 2.24) is 5.32 Å². The molecule has 0 spiro atoms. The van der Waals surface area contributed by atoms with Gasteiger partial charge in [0.05, 0.1) is 6.61 Å². The predicted octanol–water partition coefficient (Wildman–Crippen LogP) is 2.60. The van der Waals surface area contributed by atoms with Crippen LogP contribution >= 0.6 is 0 Å². The van der Waals surface area contributed by atoms with Crippen LogP contribution in [0.2, 0.25) is 0 Å². The summed E-state index contributed by atoms with van der Waals surface area (Å²) in [5, 5.41) is 3.30. The summed E-state index contributed by atoms with van der Waals surface area (Å²) in [5.41, 5.74) is 1.29. The molecule has 3 nitrogen and oxygen atoms in total. The SMILES string of the molecule is CCNCc1ccc(OCCCCOC)cc1. The molecule has 0 amide bonds. The molecule has 1 rings (SSSR count). The van der Waals surface area contributed by atoms with Crippen LogP contribution in [0.15, 0.2) is 24.3 Å². The lowest BCUT2D eigenvalue weighted by atomic mass is 10.2. The molecule has 0 unspecified atom stereocenters. The molecule has 1 aromatic rings. The van der Waals surface area contributed by atoms with Crippen LogP contribution in [0.3, 0.4) is 0 Å². The largest absolute Gasteiger partial charge is 0.494 e. The van der Waals surface area contributed by atoms with Crippen LogP contribution in [0.1, 0.15) is 25.3 Å². The molecule has 0 heterocycles. The molecule has 1 N–H and O–H groups in total. The third kappa shape index (κ3) is 6.29. The number of rotatable bonds is 9. The first-order valence-corrected chi connectivity index (χ1v) is 6.28.